The zero-order valence-electron chi connectivity index (χ0n) is 15.1. The minimum Gasteiger partial charge on any atom is -0.454 e. The Kier molecular flexibility index (Phi) is 5.08. The van der Waals surface area contributed by atoms with Crippen molar-refractivity contribution < 1.29 is 9.47 Å². The fraction of sp³-hybridized carbons (Fsp3) is 0.476. The molecule has 2 aromatic rings. The van der Waals surface area contributed by atoms with Gasteiger partial charge in [-0.05, 0) is 65.5 Å². The molecule has 0 saturated carbocycles. The third kappa shape index (κ3) is 3.72. The zero-order chi connectivity index (χ0) is 17.1. The van der Waals surface area contributed by atoms with E-state index in [1.165, 1.54) is 29.5 Å². The fourth-order valence-corrected chi connectivity index (χ4v) is 3.22. The lowest BCUT2D eigenvalue weighted by Gasteiger charge is -2.12. The van der Waals surface area contributed by atoms with E-state index in [1.807, 2.05) is 24.5 Å². The first-order chi connectivity index (χ1) is 11.5. The maximum Gasteiger partial charge on any atom is 0.231 e. The topological polar surface area (TPSA) is 31.4 Å². The Morgan fingerprint density at radius 2 is 1.71 bits per heavy atom. The molecule has 0 amide bonds. The highest BCUT2D eigenvalue weighted by molar-refractivity contribution is 5.45. The minimum absolute atomic E-state index is 0.358. The second-order valence-corrected chi connectivity index (χ2v) is 7.32. The van der Waals surface area contributed by atoms with Crippen molar-refractivity contribution in [2.45, 2.75) is 46.5 Å². The summed E-state index contributed by atoms with van der Waals surface area (Å²) in [7, 11) is 0. The van der Waals surface area contributed by atoms with E-state index in [9.17, 15) is 0 Å². The van der Waals surface area contributed by atoms with Crippen molar-refractivity contribution in [3.05, 3.63) is 53.3 Å². The number of ether oxygens (including phenoxy) is 2. The first-order valence-corrected chi connectivity index (χ1v) is 8.86. The van der Waals surface area contributed by atoms with Crippen LogP contribution < -0.4 is 9.47 Å². The summed E-state index contributed by atoms with van der Waals surface area (Å²) in [6.45, 7) is 9.31. The molecule has 1 aliphatic heterocycles. The second-order valence-electron chi connectivity index (χ2n) is 7.32. The van der Waals surface area contributed by atoms with E-state index in [-0.39, 0.29) is 0 Å². The third-order valence-electron chi connectivity index (χ3n) is 4.97. The van der Waals surface area contributed by atoms with Gasteiger partial charge in [0.25, 0.3) is 0 Å². The van der Waals surface area contributed by atoms with Crippen LogP contribution in [-0.4, -0.2) is 11.8 Å². The van der Waals surface area contributed by atoms with Crippen molar-refractivity contribution in [1.82, 2.24) is 4.98 Å². The third-order valence-corrected chi connectivity index (χ3v) is 4.97. The molecule has 1 aromatic heterocycles. The van der Waals surface area contributed by atoms with Crippen LogP contribution in [0, 0.1) is 11.8 Å². The smallest absolute Gasteiger partial charge is 0.231 e. The largest absolute Gasteiger partial charge is 0.454 e. The Bertz CT molecular complexity index is 669. The molecular weight excluding hydrogens is 298 g/mol. The monoisotopic (exact) mass is 325 g/mol. The second kappa shape index (κ2) is 7.25. The summed E-state index contributed by atoms with van der Waals surface area (Å²) >= 11 is 0. The zero-order valence-corrected chi connectivity index (χ0v) is 15.1. The van der Waals surface area contributed by atoms with E-state index in [0.29, 0.717) is 12.7 Å². The molecule has 1 aromatic carbocycles. The van der Waals surface area contributed by atoms with Gasteiger partial charge in [0.1, 0.15) is 0 Å². The molecule has 0 radical (unpaired) electrons. The van der Waals surface area contributed by atoms with E-state index in [1.54, 1.807) is 0 Å². The summed E-state index contributed by atoms with van der Waals surface area (Å²) in [6, 6.07) is 8.26. The molecule has 0 N–H and O–H groups in total. The number of nitrogens with zero attached hydrogens (tertiary/aromatic N) is 1. The van der Waals surface area contributed by atoms with Crippen molar-refractivity contribution in [3.63, 3.8) is 0 Å². The van der Waals surface area contributed by atoms with Gasteiger partial charge in [-0.25, -0.2) is 0 Å². The molecule has 128 valence electrons. The van der Waals surface area contributed by atoms with Crippen LogP contribution in [0.2, 0.25) is 0 Å². The molecular formula is C21H27NO2. The molecule has 4 rings (SSSR count). The highest BCUT2D eigenvalue weighted by Crippen LogP contribution is 2.34. The van der Waals surface area contributed by atoms with Crippen LogP contribution in [0.1, 0.15) is 50.3 Å². The predicted octanol–water partition coefficient (Wildman–Crippen LogP) is 4.99. The van der Waals surface area contributed by atoms with E-state index in [2.05, 4.69) is 44.8 Å². The predicted molar refractivity (Wildman–Crippen MR) is 96.6 cm³/mol. The average Bonchev–Trinajstić information content (AvgIpc) is 3.21. The number of hydrogen-bond acceptors (Lipinski definition) is 3. The lowest BCUT2D eigenvalue weighted by molar-refractivity contribution is 0.174. The van der Waals surface area contributed by atoms with Crippen molar-refractivity contribution in [3.8, 4) is 11.5 Å². The number of aromatic nitrogens is 1. The molecule has 24 heavy (non-hydrogen) atoms. The number of rotatable bonds is 2. The van der Waals surface area contributed by atoms with Crippen molar-refractivity contribution in [1.29, 1.82) is 0 Å². The molecule has 2 heterocycles. The van der Waals surface area contributed by atoms with E-state index >= 15 is 0 Å². The Labute approximate surface area is 145 Å². The molecule has 0 saturated heterocycles. The van der Waals surface area contributed by atoms with E-state index < -0.39 is 0 Å². The van der Waals surface area contributed by atoms with Crippen molar-refractivity contribution >= 4 is 0 Å². The van der Waals surface area contributed by atoms with Gasteiger partial charge in [0.05, 0.1) is 0 Å². The lowest BCUT2D eigenvalue weighted by atomic mass is 9.93. The molecule has 0 fully saturated rings. The molecule has 1 unspecified atom stereocenters. The first kappa shape index (κ1) is 16.8. The molecule has 3 heteroatoms. The molecule has 2 aliphatic rings. The van der Waals surface area contributed by atoms with Gasteiger partial charge in [-0.1, -0.05) is 33.8 Å². The Morgan fingerprint density at radius 1 is 0.958 bits per heavy atom. The molecule has 0 bridgehead atoms. The van der Waals surface area contributed by atoms with Crippen molar-refractivity contribution in [2.75, 3.05) is 6.79 Å². The van der Waals surface area contributed by atoms with E-state index in [4.69, 9.17) is 9.47 Å². The van der Waals surface area contributed by atoms with Crippen molar-refractivity contribution in [2.24, 2.45) is 11.8 Å². The lowest BCUT2D eigenvalue weighted by Crippen LogP contribution is -2.07. The van der Waals surface area contributed by atoms with Gasteiger partial charge in [-0.3, -0.25) is 4.98 Å². The maximum atomic E-state index is 5.27. The summed E-state index contributed by atoms with van der Waals surface area (Å²) in [4.78, 5) is 4.15. The molecule has 1 atom stereocenters. The summed E-state index contributed by atoms with van der Waals surface area (Å²) in [5.74, 6) is 3.93. The van der Waals surface area contributed by atoms with Gasteiger partial charge in [0.2, 0.25) is 6.79 Å². The highest BCUT2D eigenvalue weighted by Gasteiger charge is 2.23. The summed E-state index contributed by atoms with van der Waals surface area (Å²) < 4.78 is 10.5. The first-order valence-electron chi connectivity index (χ1n) is 8.86. The average molecular weight is 325 g/mol. The Hall–Kier alpha value is -2.03. The van der Waals surface area contributed by atoms with Crippen LogP contribution in [0.15, 0.2) is 36.7 Å². The number of benzene rings is 1. The van der Waals surface area contributed by atoms with Gasteiger partial charge in [0.15, 0.2) is 11.5 Å². The van der Waals surface area contributed by atoms with Gasteiger partial charge in [0, 0.05) is 12.4 Å². The van der Waals surface area contributed by atoms with Crippen LogP contribution in [0.3, 0.4) is 0 Å². The normalized spacial score (nSPS) is 17.7. The molecule has 3 nitrogen and oxygen atoms in total. The van der Waals surface area contributed by atoms with Gasteiger partial charge < -0.3 is 9.47 Å². The maximum absolute atomic E-state index is 5.27. The van der Waals surface area contributed by atoms with Crippen LogP contribution in [0.25, 0.3) is 0 Å². The van der Waals surface area contributed by atoms with Crippen LogP contribution in [0.4, 0.5) is 0 Å². The number of pyridine rings is 1. The summed E-state index contributed by atoms with van der Waals surface area (Å²) in [6.07, 6.45) is 6.43. The van der Waals surface area contributed by atoms with Crippen LogP contribution in [-0.2, 0) is 12.8 Å². The van der Waals surface area contributed by atoms with Gasteiger partial charge in [-0.2, -0.15) is 0 Å². The highest BCUT2D eigenvalue weighted by atomic mass is 16.7. The number of fused-ring (bicyclic) bond motifs is 2. The fourth-order valence-electron chi connectivity index (χ4n) is 3.22. The van der Waals surface area contributed by atoms with Crippen LogP contribution >= 0.6 is 0 Å². The van der Waals surface area contributed by atoms with Crippen LogP contribution in [0.5, 0.6) is 11.5 Å². The SMILES string of the molecule is CC(C)C1Cc2ccncc2C1.CC(C)c1ccc2c(c1)OCO2. The van der Waals surface area contributed by atoms with Gasteiger partial charge >= 0.3 is 0 Å². The summed E-state index contributed by atoms with van der Waals surface area (Å²) in [5, 5.41) is 0. The quantitative estimate of drug-likeness (QED) is 0.779. The molecule has 1 aliphatic carbocycles. The Balaban J connectivity index is 0.000000141. The Morgan fingerprint density at radius 3 is 2.42 bits per heavy atom. The number of hydrogen-bond donors (Lipinski definition) is 0. The standard InChI is InChI=1S/C11H15N.C10H12O2/c1-8(2)10-5-9-3-4-12-7-11(9)6-10;1-7(2)8-3-4-9-10(5-8)12-6-11-9/h3-4,7-8,10H,5-6H2,1-2H3;3-5,7H,6H2,1-2H3. The van der Waals surface area contributed by atoms with E-state index in [0.717, 1.165) is 23.3 Å². The minimum atomic E-state index is 0.358. The molecule has 0 spiro atoms. The van der Waals surface area contributed by atoms with Gasteiger partial charge in [-0.15, -0.1) is 0 Å². The summed E-state index contributed by atoms with van der Waals surface area (Å²) in [5.41, 5.74) is 4.28.